The minimum Gasteiger partial charge on any atom is -0.508 e. The highest BCUT2D eigenvalue weighted by atomic mass is 32.2. The Labute approximate surface area is 88.0 Å². The lowest BCUT2D eigenvalue weighted by Crippen LogP contribution is -2.31. The van der Waals surface area contributed by atoms with E-state index in [-0.39, 0.29) is 5.75 Å². The van der Waals surface area contributed by atoms with E-state index in [4.69, 9.17) is 5.11 Å². The molecule has 0 spiro atoms. The number of aliphatic hydroxyl groups is 1. The molecule has 1 aromatic carbocycles. The number of rotatable bonds is 1. The van der Waals surface area contributed by atoms with Crippen molar-refractivity contribution in [2.45, 2.75) is 18.4 Å². The highest BCUT2D eigenvalue weighted by Gasteiger charge is 2.31. The standard InChI is InChI=1S/C11H14O2S/c12-10-4-2-9(3-5-10)11(13)6-1-7-14-8-11/h2-5,12-13H,1,6-8H2. The molecular weight excluding hydrogens is 196 g/mol. The Morgan fingerprint density at radius 1 is 1.21 bits per heavy atom. The Bertz CT molecular complexity index is 302. The maximum Gasteiger partial charge on any atom is 0.115 e. The van der Waals surface area contributed by atoms with Crippen molar-refractivity contribution < 1.29 is 10.2 Å². The molecule has 2 N–H and O–H groups in total. The summed E-state index contributed by atoms with van der Waals surface area (Å²) in [7, 11) is 0. The van der Waals surface area contributed by atoms with Gasteiger partial charge in [0.05, 0.1) is 5.60 Å². The summed E-state index contributed by atoms with van der Waals surface area (Å²) >= 11 is 1.79. The molecule has 2 rings (SSSR count). The summed E-state index contributed by atoms with van der Waals surface area (Å²) < 4.78 is 0. The monoisotopic (exact) mass is 210 g/mol. The maximum atomic E-state index is 10.3. The lowest BCUT2D eigenvalue weighted by Gasteiger charge is -2.32. The minimum absolute atomic E-state index is 0.251. The Morgan fingerprint density at radius 3 is 2.50 bits per heavy atom. The molecule has 0 saturated carbocycles. The lowest BCUT2D eigenvalue weighted by atomic mass is 9.91. The van der Waals surface area contributed by atoms with Gasteiger partial charge in [-0.25, -0.2) is 0 Å². The Kier molecular flexibility index (Phi) is 2.70. The van der Waals surface area contributed by atoms with Crippen molar-refractivity contribution in [2.75, 3.05) is 11.5 Å². The fourth-order valence-corrected chi connectivity index (χ4v) is 2.92. The molecule has 1 unspecified atom stereocenters. The molecule has 0 amide bonds. The van der Waals surface area contributed by atoms with Crippen LogP contribution in [-0.2, 0) is 5.60 Å². The van der Waals surface area contributed by atoms with E-state index in [2.05, 4.69) is 0 Å². The third-order valence-corrected chi connectivity index (χ3v) is 3.88. The van der Waals surface area contributed by atoms with Crippen molar-refractivity contribution in [3.05, 3.63) is 29.8 Å². The third-order valence-electron chi connectivity index (χ3n) is 2.62. The fourth-order valence-electron chi connectivity index (χ4n) is 1.78. The Balaban J connectivity index is 2.23. The zero-order chi connectivity index (χ0) is 10.0. The SMILES string of the molecule is Oc1ccc(C2(O)CCCSC2)cc1. The van der Waals surface area contributed by atoms with Gasteiger partial charge >= 0.3 is 0 Å². The van der Waals surface area contributed by atoms with Crippen LogP contribution in [0, 0.1) is 0 Å². The molecule has 0 aliphatic carbocycles. The summed E-state index contributed by atoms with van der Waals surface area (Å²) in [6.07, 6.45) is 1.88. The van der Waals surface area contributed by atoms with E-state index in [9.17, 15) is 5.11 Å². The van der Waals surface area contributed by atoms with Gasteiger partial charge in [-0.15, -0.1) is 0 Å². The normalized spacial score (nSPS) is 27.5. The highest BCUT2D eigenvalue weighted by molar-refractivity contribution is 7.99. The van der Waals surface area contributed by atoms with Crippen molar-refractivity contribution in [3.63, 3.8) is 0 Å². The summed E-state index contributed by atoms with van der Waals surface area (Å²) in [6, 6.07) is 6.88. The topological polar surface area (TPSA) is 40.5 Å². The summed E-state index contributed by atoms with van der Waals surface area (Å²) in [5.41, 5.74) is 0.235. The van der Waals surface area contributed by atoms with Gasteiger partial charge in [0.2, 0.25) is 0 Å². The van der Waals surface area contributed by atoms with E-state index in [1.165, 1.54) is 0 Å². The van der Waals surface area contributed by atoms with Crippen LogP contribution >= 0.6 is 11.8 Å². The molecule has 14 heavy (non-hydrogen) atoms. The van der Waals surface area contributed by atoms with Crippen LogP contribution in [0.5, 0.6) is 5.75 Å². The number of phenolic OH excluding ortho intramolecular Hbond substituents is 1. The largest absolute Gasteiger partial charge is 0.508 e. The number of benzene rings is 1. The smallest absolute Gasteiger partial charge is 0.115 e. The van der Waals surface area contributed by atoms with Crippen molar-refractivity contribution >= 4 is 11.8 Å². The molecular formula is C11H14O2S. The molecule has 1 aliphatic heterocycles. The molecule has 0 bridgehead atoms. The third kappa shape index (κ3) is 1.88. The lowest BCUT2D eigenvalue weighted by molar-refractivity contribution is 0.0495. The van der Waals surface area contributed by atoms with Crippen molar-refractivity contribution in [3.8, 4) is 5.75 Å². The van der Waals surface area contributed by atoms with E-state index in [0.717, 1.165) is 29.9 Å². The van der Waals surface area contributed by atoms with E-state index in [1.807, 2.05) is 0 Å². The Morgan fingerprint density at radius 2 is 1.93 bits per heavy atom. The van der Waals surface area contributed by atoms with Gasteiger partial charge in [0.25, 0.3) is 0 Å². The van der Waals surface area contributed by atoms with E-state index in [0.29, 0.717) is 0 Å². The zero-order valence-electron chi connectivity index (χ0n) is 7.94. The van der Waals surface area contributed by atoms with Crippen LogP contribution in [0.2, 0.25) is 0 Å². The average molecular weight is 210 g/mol. The molecule has 0 radical (unpaired) electrons. The summed E-state index contributed by atoms with van der Waals surface area (Å²) in [5, 5.41) is 19.5. The van der Waals surface area contributed by atoms with Crippen LogP contribution in [0.3, 0.4) is 0 Å². The maximum absolute atomic E-state index is 10.3. The van der Waals surface area contributed by atoms with Crippen molar-refractivity contribution in [1.82, 2.24) is 0 Å². The first kappa shape index (κ1) is 9.87. The van der Waals surface area contributed by atoms with Gasteiger partial charge in [-0.2, -0.15) is 11.8 Å². The van der Waals surface area contributed by atoms with Crippen LogP contribution in [0.25, 0.3) is 0 Å². The highest BCUT2D eigenvalue weighted by Crippen LogP contribution is 2.35. The molecule has 76 valence electrons. The second-order valence-electron chi connectivity index (χ2n) is 3.73. The van der Waals surface area contributed by atoms with Crippen molar-refractivity contribution in [2.24, 2.45) is 0 Å². The van der Waals surface area contributed by atoms with Gasteiger partial charge in [-0.05, 0) is 36.3 Å². The molecule has 1 aliphatic rings. The molecule has 0 aromatic heterocycles. The molecule has 1 aromatic rings. The van der Waals surface area contributed by atoms with Crippen LogP contribution in [0.15, 0.2) is 24.3 Å². The molecule has 1 atom stereocenters. The first-order chi connectivity index (χ1) is 6.71. The zero-order valence-corrected chi connectivity index (χ0v) is 8.76. The number of aromatic hydroxyl groups is 1. The van der Waals surface area contributed by atoms with Crippen LogP contribution < -0.4 is 0 Å². The van der Waals surface area contributed by atoms with Gasteiger partial charge < -0.3 is 10.2 Å². The van der Waals surface area contributed by atoms with E-state index < -0.39 is 5.60 Å². The van der Waals surface area contributed by atoms with Gasteiger partial charge in [-0.1, -0.05) is 12.1 Å². The predicted molar refractivity (Wildman–Crippen MR) is 58.6 cm³/mol. The van der Waals surface area contributed by atoms with Gasteiger partial charge in [0.15, 0.2) is 0 Å². The first-order valence-electron chi connectivity index (χ1n) is 4.80. The predicted octanol–water partition coefficient (Wildman–Crippen LogP) is 2.11. The fraction of sp³-hybridized carbons (Fsp3) is 0.455. The average Bonchev–Trinajstić information content (AvgIpc) is 2.19. The number of hydrogen-bond acceptors (Lipinski definition) is 3. The summed E-state index contributed by atoms with van der Waals surface area (Å²) in [5.74, 6) is 2.15. The number of thioether (sulfide) groups is 1. The summed E-state index contributed by atoms with van der Waals surface area (Å²) in [6.45, 7) is 0. The van der Waals surface area contributed by atoms with E-state index in [1.54, 1.807) is 36.0 Å². The summed E-state index contributed by atoms with van der Waals surface area (Å²) in [4.78, 5) is 0. The number of hydrogen-bond donors (Lipinski definition) is 2. The Hall–Kier alpha value is -0.670. The van der Waals surface area contributed by atoms with Gasteiger partial charge in [0.1, 0.15) is 5.75 Å². The van der Waals surface area contributed by atoms with Crippen LogP contribution in [0.1, 0.15) is 18.4 Å². The van der Waals surface area contributed by atoms with E-state index >= 15 is 0 Å². The van der Waals surface area contributed by atoms with Crippen molar-refractivity contribution in [1.29, 1.82) is 0 Å². The molecule has 1 heterocycles. The molecule has 3 heteroatoms. The number of phenols is 1. The second-order valence-corrected chi connectivity index (χ2v) is 4.84. The molecule has 2 nitrogen and oxygen atoms in total. The first-order valence-corrected chi connectivity index (χ1v) is 5.96. The quantitative estimate of drug-likeness (QED) is 0.746. The second kappa shape index (κ2) is 3.83. The van der Waals surface area contributed by atoms with Gasteiger partial charge in [-0.3, -0.25) is 0 Å². The van der Waals surface area contributed by atoms with Crippen LogP contribution in [0.4, 0.5) is 0 Å². The minimum atomic E-state index is -0.684. The molecule has 1 saturated heterocycles. The van der Waals surface area contributed by atoms with Crippen LogP contribution in [-0.4, -0.2) is 21.7 Å². The molecule has 1 fully saturated rings. The van der Waals surface area contributed by atoms with Gasteiger partial charge in [0, 0.05) is 5.75 Å².